The van der Waals surface area contributed by atoms with Crippen LogP contribution in [0, 0.1) is 0 Å². The molecule has 0 saturated carbocycles. The summed E-state index contributed by atoms with van der Waals surface area (Å²) in [7, 11) is 0. The van der Waals surface area contributed by atoms with Gasteiger partial charge in [0.1, 0.15) is 12.1 Å². The topological polar surface area (TPSA) is 60.4 Å². The van der Waals surface area contributed by atoms with Crippen LogP contribution in [0.5, 0.6) is 0 Å². The summed E-state index contributed by atoms with van der Waals surface area (Å²) < 4.78 is 1.82. The fraction of sp³-hybridized carbons (Fsp3) is 0.111. The summed E-state index contributed by atoms with van der Waals surface area (Å²) in [5.41, 5.74) is 7.24. The van der Waals surface area contributed by atoms with Crippen molar-refractivity contribution in [3.05, 3.63) is 30.4 Å². The van der Waals surface area contributed by atoms with E-state index < -0.39 is 0 Å². The SMILES string of the molecule is Nc1cccn2c(CC=O)ncc12. The first-order valence-corrected chi connectivity index (χ1v) is 3.97. The zero-order valence-corrected chi connectivity index (χ0v) is 6.97. The van der Waals surface area contributed by atoms with Crippen LogP contribution in [-0.2, 0) is 11.2 Å². The maximum Gasteiger partial charge on any atom is 0.127 e. The standard InChI is InChI=1S/C9H9N3O/c10-7-2-1-4-12-8(7)6-11-9(12)3-5-13/h1-2,4-6H,3,10H2. The average molecular weight is 175 g/mol. The number of nitrogens with zero attached hydrogens (tertiary/aromatic N) is 2. The summed E-state index contributed by atoms with van der Waals surface area (Å²) in [4.78, 5) is 14.4. The van der Waals surface area contributed by atoms with E-state index in [0.29, 0.717) is 12.1 Å². The maximum absolute atomic E-state index is 10.3. The number of anilines is 1. The molecule has 2 aromatic heterocycles. The molecule has 0 unspecified atom stereocenters. The minimum atomic E-state index is 0.317. The zero-order chi connectivity index (χ0) is 9.26. The molecule has 4 nitrogen and oxygen atoms in total. The van der Waals surface area contributed by atoms with Crippen LogP contribution in [0.25, 0.3) is 5.52 Å². The molecule has 0 fully saturated rings. The normalized spacial score (nSPS) is 10.5. The van der Waals surface area contributed by atoms with E-state index in [0.717, 1.165) is 17.6 Å². The molecule has 0 saturated heterocycles. The van der Waals surface area contributed by atoms with E-state index in [2.05, 4.69) is 4.98 Å². The summed E-state index contributed by atoms with van der Waals surface area (Å²) in [6.07, 6.45) is 4.67. The van der Waals surface area contributed by atoms with Gasteiger partial charge >= 0.3 is 0 Å². The van der Waals surface area contributed by atoms with E-state index in [4.69, 9.17) is 5.73 Å². The van der Waals surface area contributed by atoms with Crippen molar-refractivity contribution >= 4 is 17.5 Å². The molecule has 2 heterocycles. The summed E-state index contributed by atoms with van der Waals surface area (Å²) in [6.45, 7) is 0. The molecule has 0 aromatic carbocycles. The quantitative estimate of drug-likeness (QED) is 0.682. The number of nitrogen functional groups attached to an aromatic ring is 1. The molecule has 0 spiro atoms. The summed E-state index contributed by atoms with van der Waals surface area (Å²) >= 11 is 0. The molecule has 2 N–H and O–H groups in total. The molecular weight excluding hydrogens is 166 g/mol. The van der Waals surface area contributed by atoms with Crippen LogP contribution >= 0.6 is 0 Å². The van der Waals surface area contributed by atoms with Crippen LogP contribution in [0.4, 0.5) is 5.69 Å². The van der Waals surface area contributed by atoms with Crippen molar-refractivity contribution in [3.63, 3.8) is 0 Å². The Balaban J connectivity index is 2.67. The second-order valence-corrected chi connectivity index (χ2v) is 2.76. The van der Waals surface area contributed by atoms with Crippen LogP contribution in [0.1, 0.15) is 5.82 Å². The minimum Gasteiger partial charge on any atom is -0.397 e. The van der Waals surface area contributed by atoms with Crippen molar-refractivity contribution in [1.82, 2.24) is 9.38 Å². The van der Waals surface area contributed by atoms with Gasteiger partial charge in [0.2, 0.25) is 0 Å². The van der Waals surface area contributed by atoms with Crippen LogP contribution in [-0.4, -0.2) is 15.7 Å². The van der Waals surface area contributed by atoms with E-state index in [1.807, 2.05) is 22.7 Å². The molecule has 2 rings (SSSR count). The number of hydrogen-bond donors (Lipinski definition) is 1. The molecule has 4 heteroatoms. The number of pyridine rings is 1. The lowest BCUT2D eigenvalue weighted by molar-refractivity contribution is -0.107. The molecule has 66 valence electrons. The molecule has 2 aromatic rings. The molecular formula is C9H9N3O. The lowest BCUT2D eigenvalue weighted by Crippen LogP contribution is -1.96. The highest BCUT2D eigenvalue weighted by Gasteiger charge is 2.03. The van der Waals surface area contributed by atoms with Crippen molar-refractivity contribution in [1.29, 1.82) is 0 Å². The molecule has 13 heavy (non-hydrogen) atoms. The van der Waals surface area contributed by atoms with Gasteiger partial charge < -0.3 is 14.9 Å². The minimum absolute atomic E-state index is 0.317. The first-order chi connectivity index (χ1) is 6.33. The summed E-state index contributed by atoms with van der Waals surface area (Å²) in [6, 6.07) is 3.64. The maximum atomic E-state index is 10.3. The fourth-order valence-corrected chi connectivity index (χ4v) is 1.32. The second kappa shape index (κ2) is 2.90. The average Bonchev–Trinajstić information content (AvgIpc) is 2.51. The number of imidazole rings is 1. The molecule has 0 aliphatic heterocycles. The number of rotatable bonds is 2. The van der Waals surface area contributed by atoms with E-state index in [-0.39, 0.29) is 0 Å². The molecule has 0 aliphatic carbocycles. The van der Waals surface area contributed by atoms with Gasteiger partial charge in [-0.2, -0.15) is 0 Å². The Morgan fingerprint density at radius 1 is 1.62 bits per heavy atom. The fourth-order valence-electron chi connectivity index (χ4n) is 1.32. The van der Waals surface area contributed by atoms with Gasteiger partial charge in [-0.25, -0.2) is 4.98 Å². The Bertz CT molecular complexity index is 447. The Morgan fingerprint density at radius 2 is 2.46 bits per heavy atom. The third kappa shape index (κ3) is 1.16. The van der Waals surface area contributed by atoms with Gasteiger partial charge in [0.15, 0.2) is 0 Å². The monoisotopic (exact) mass is 175 g/mol. The largest absolute Gasteiger partial charge is 0.397 e. The highest BCUT2D eigenvalue weighted by Crippen LogP contribution is 2.13. The highest BCUT2D eigenvalue weighted by molar-refractivity contribution is 5.69. The van der Waals surface area contributed by atoms with Gasteiger partial charge in [-0.05, 0) is 12.1 Å². The van der Waals surface area contributed by atoms with Crippen LogP contribution in [0.3, 0.4) is 0 Å². The summed E-state index contributed by atoms with van der Waals surface area (Å²) in [5.74, 6) is 0.720. The lowest BCUT2D eigenvalue weighted by Gasteiger charge is -1.98. The third-order valence-electron chi connectivity index (χ3n) is 1.95. The van der Waals surface area contributed by atoms with E-state index >= 15 is 0 Å². The van der Waals surface area contributed by atoms with E-state index in [1.165, 1.54) is 0 Å². The second-order valence-electron chi connectivity index (χ2n) is 2.76. The molecule has 0 aliphatic rings. The van der Waals surface area contributed by atoms with Crippen LogP contribution in [0.2, 0.25) is 0 Å². The van der Waals surface area contributed by atoms with Gasteiger partial charge in [0, 0.05) is 6.20 Å². The number of aldehydes is 1. The third-order valence-corrected chi connectivity index (χ3v) is 1.95. The molecule has 0 bridgehead atoms. The molecule has 0 radical (unpaired) electrons. The van der Waals surface area contributed by atoms with Gasteiger partial charge in [-0.15, -0.1) is 0 Å². The van der Waals surface area contributed by atoms with Crippen molar-refractivity contribution < 1.29 is 4.79 Å². The van der Waals surface area contributed by atoms with Crippen molar-refractivity contribution in [2.45, 2.75) is 6.42 Å². The smallest absolute Gasteiger partial charge is 0.127 e. The Morgan fingerprint density at radius 3 is 3.23 bits per heavy atom. The number of nitrogens with two attached hydrogens (primary N) is 1. The first-order valence-electron chi connectivity index (χ1n) is 3.97. The predicted molar refractivity (Wildman–Crippen MR) is 49.4 cm³/mol. The van der Waals surface area contributed by atoms with E-state index in [9.17, 15) is 4.79 Å². The predicted octanol–water partition coefficient (Wildman–Crippen LogP) is 0.658. The van der Waals surface area contributed by atoms with Crippen LogP contribution < -0.4 is 5.73 Å². The first kappa shape index (κ1) is 7.79. The van der Waals surface area contributed by atoms with E-state index in [1.54, 1.807) is 6.20 Å². The Hall–Kier alpha value is -1.84. The highest BCUT2D eigenvalue weighted by atomic mass is 16.1. The zero-order valence-electron chi connectivity index (χ0n) is 6.97. The van der Waals surface area contributed by atoms with Crippen LogP contribution in [0.15, 0.2) is 24.5 Å². The number of hydrogen-bond acceptors (Lipinski definition) is 3. The Labute approximate surface area is 75.0 Å². The molecule has 0 amide bonds. The Kier molecular flexibility index (Phi) is 1.73. The number of aromatic nitrogens is 2. The number of carbonyl (C=O) groups excluding carboxylic acids is 1. The number of carbonyl (C=O) groups is 1. The van der Waals surface area contributed by atoms with Crippen molar-refractivity contribution in [2.75, 3.05) is 5.73 Å². The molecule has 0 atom stereocenters. The van der Waals surface area contributed by atoms with Gasteiger partial charge in [-0.3, -0.25) is 0 Å². The van der Waals surface area contributed by atoms with Crippen molar-refractivity contribution in [2.24, 2.45) is 0 Å². The van der Waals surface area contributed by atoms with Gasteiger partial charge in [-0.1, -0.05) is 0 Å². The lowest BCUT2D eigenvalue weighted by atomic mass is 10.3. The number of fused-ring (bicyclic) bond motifs is 1. The van der Waals surface area contributed by atoms with Crippen molar-refractivity contribution in [3.8, 4) is 0 Å². The summed E-state index contributed by atoms with van der Waals surface area (Å²) in [5, 5.41) is 0. The van der Waals surface area contributed by atoms with Gasteiger partial charge in [0.25, 0.3) is 0 Å². The van der Waals surface area contributed by atoms with Gasteiger partial charge in [0.05, 0.1) is 23.8 Å².